The average Bonchev–Trinajstić information content (AvgIpc) is 2.94. The molecule has 3 rings (SSSR count). The molecule has 0 saturated carbocycles. The van der Waals surface area contributed by atoms with Crippen LogP contribution in [0.5, 0.6) is 0 Å². The summed E-state index contributed by atoms with van der Waals surface area (Å²) in [4.78, 5) is 19.0. The van der Waals surface area contributed by atoms with Crippen LogP contribution in [0.25, 0.3) is 11.3 Å². The summed E-state index contributed by atoms with van der Waals surface area (Å²) in [5.74, 6) is -0.0210. The summed E-state index contributed by atoms with van der Waals surface area (Å²) in [6.45, 7) is 11.0. The van der Waals surface area contributed by atoms with Crippen molar-refractivity contribution in [3.8, 4) is 11.3 Å². The maximum absolute atomic E-state index is 12.3. The molecule has 1 aliphatic heterocycles. The van der Waals surface area contributed by atoms with Gasteiger partial charge in [0.05, 0.1) is 24.9 Å². The van der Waals surface area contributed by atoms with Crippen molar-refractivity contribution in [2.24, 2.45) is 0 Å². The molecule has 1 aromatic heterocycles. The summed E-state index contributed by atoms with van der Waals surface area (Å²) in [7, 11) is 0. The molecule has 2 aromatic rings. The van der Waals surface area contributed by atoms with Gasteiger partial charge >= 0.3 is 0 Å². The first-order valence-corrected chi connectivity index (χ1v) is 9.48. The summed E-state index contributed by atoms with van der Waals surface area (Å²) in [6.07, 6.45) is 0.181. The lowest BCUT2D eigenvalue weighted by molar-refractivity contribution is -0.119. The molecule has 0 aliphatic carbocycles. The topological polar surface area (TPSA) is 54.5 Å². The second-order valence-electron chi connectivity index (χ2n) is 6.78. The fraction of sp³-hybridized carbons (Fsp3) is 0.474. The van der Waals surface area contributed by atoms with E-state index >= 15 is 0 Å². The van der Waals surface area contributed by atoms with Gasteiger partial charge in [0.15, 0.2) is 5.13 Å². The molecule has 25 heavy (non-hydrogen) atoms. The SMILES string of the molecule is Cc1cc(C)c(-c2csc(NC(=O)CN3CCOC(C)C3)n2)c(C)c1. The van der Waals surface area contributed by atoms with Gasteiger partial charge in [0.2, 0.25) is 5.91 Å². The van der Waals surface area contributed by atoms with Crippen molar-refractivity contribution in [1.82, 2.24) is 9.88 Å². The van der Waals surface area contributed by atoms with Crippen molar-refractivity contribution in [2.75, 3.05) is 31.6 Å². The summed E-state index contributed by atoms with van der Waals surface area (Å²) in [6, 6.07) is 4.33. The zero-order valence-corrected chi connectivity index (χ0v) is 16.1. The van der Waals surface area contributed by atoms with Gasteiger partial charge in [0, 0.05) is 24.0 Å². The maximum Gasteiger partial charge on any atom is 0.240 e. The minimum atomic E-state index is -0.0210. The number of morpholine rings is 1. The Balaban J connectivity index is 1.67. The zero-order valence-electron chi connectivity index (χ0n) is 15.3. The number of hydrogen-bond acceptors (Lipinski definition) is 5. The number of aromatic nitrogens is 1. The lowest BCUT2D eigenvalue weighted by Crippen LogP contribution is -2.44. The molecule has 0 radical (unpaired) electrons. The van der Waals surface area contributed by atoms with Crippen LogP contribution in [0.3, 0.4) is 0 Å². The lowest BCUT2D eigenvalue weighted by Gasteiger charge is -2.30. The van der Waals surface area contributed by atoms with Gasteiger partial charge in [-0.05, 0) is 38.8 Å². The number of aryl methyl sites for hydroxylation is 3. The van der Waals surface area contributed by atoms with Crippen LogP contribution in [0.15, 0.2) is 17.5 Å². The van der Waals surface area contributed by atoms with Crippen molar-refractivity contribution in [3.63, 3.8) is 0 Å². The van der Waals surface area contributed by atoms with Crippen LogP contribution in [0.4, 0.5) is 5.13 Å². The number of thiazole rings is 1. The number of benzene rings is 1. The van der Waals surface area contributed by atoms with Crippen LogP contribution in [-0.2, 0) is 9.53 Å². The molecule has 1 fully saturated rings. The number of nitrogens with one attached hydrogen (secondary N) is 1. The van der Waals surface area contributed by atoms with Crippen LogP contribution < -0.4 is 5.32 Å². The van der Waals surface area contributed by atoms with Crippen molar-refractivity contribution in [2.45, 2.75) is 33.8 Å². The summed E-state index contributed by atoms with van der Waals surface area (Å²) >= 11 is 1.47. The number of anilines is 1. The molecule has 6 heteroatoms. The van der Waals surface area contributed by atoms with Gasteiger partial charge in [-0.15, -0.1) is 11.3 Å². The molecule has 0 bridgehead atoms. The maximum atomic E-state index is 12.3. The van der Waals surface area contributed by atoms with E-state index in [2.05, 4.69) is 48.1 Å². The minimum Gasteiger partial charge on any atom is -0.376 e. The largest absolute Gasteiger partial charge is 0.376 e. The van der Waals surface area contributed by atoms with Crippen molar-refractivity contribution in [3.05, 3.63) is 34.2 Å². The van der Waals surface area contributed by atoms with E-state index in [1.807, 2.05) is 12.3 Å². The molecule has 1 amide bonds. The van der Waals surface area contributed by atoms with E-state index in [4.69, 9.17) is 4.74 Å². The third-order valence-electron chi connectivity index (χ3n) is 4.38. The van der Waals surface area contributed by atoms with Crippen LogP contribution in [0.2, 0.25) is 0 Å². The molecule has 134 valence electrons. The van der Waals surface area contributed by atoms with Crippen molar-refractivity contribution in [1.29, 1.82) is 0 Å². The summed E-state index contributed by atoms with van der Waals surface area (Å²) in [5.41, 5.74) is 5.76. The molecule has 1 unspecified atom stereocenters. The predicted octanol–water partition coefficient (Wildman–Crippen LogP) is 3.39. The van der Waals surface area contributed by atoms with E-state index < -0.39 is 0 Å². The fourth-order valence-corrected chi connectivity index (χ4v) is 4.14. The number of carbonyl (C=O) groups is 1. The number of hydrogen-bond donors (Lipinski definition) is 1. The smallest absolute Gasteiger partial charge is 0.240 e. The normalized spacial score (nSPS) is 18.3. The van der Waals surface area contributed by atoms with Crippen LogP contribution in [0, 0.1) is 20.8 Å². The van der Waals surface area contributed by atoms with Gasteiger partial charge in [-0.3, -0.25) is 9.69 Å². The highest BCUT2D eigenvalue weighted by atomic mass is 32.1. The molecular formula is C19H25N3O2S. The first kappa shape index (κ1) is 18.0. The van der Waals surface area contributed by atoms with Crippen LogP contribution in [0.1, 0.15) is 23.6 Å². The van der Waals surface area contributed by atoms with Gasteiger partial charge in [-0.1, -0.05) is 17.7 Å². The Morgan fingerprint density at radius 3 is 2.76 bits per heavy atom. The predicted molar refractivity (Wildman–Crippen MR) is 102 cm³/mol. The highest BCUT2D eigenvalue weighted by molar-refractivity contribution is 7.14. The molecular weight excluding hydrogens is 334 g/mol. The highest BCUT2D eigenvalue weighted by Crippen LogP contribution is 2.31. The lowest BCUT2D eigenvalue weighted by atomic mass is 9.98. The van der Waals surface area contributed by atoms with Gasteiger partial charge in [-0.25, -0.2) is 4.98 Å². The summed E-state index contributed by atoms with van der Waals surface area (Å²) < 4.78 is 5.51. The van der Waals surface area contributed by atoms with E-state index in [0.29, 0.717) is 18.3 Å². The number of carbonyl (C=O) groups excluding carboxylic acids is 1. The third-order valence-corrected chi connectivity index (χ3v) is 5.13. The molecule has 0 spiro atoms. The van der Waals surface area contributed by atoms with E-state index in [-0.39, 0.29) is 12.0 Å². The Morgan fingerprint density at radius 1 is 1.36 bits per heavy atom. The monoisotopic (exact) mass is 359 g/mol. The fourth-order valence-electron chi connectivity index (χ4n) is 3.43. The molecule has 1 saturated heterocycles. The molecule has 1 N–H and O–H groups in total. The molecule has 1 aliphatic rings. The van der Waals surface area contributed by atoms with Gasteiger partial charge in [0.25, 0.3) is 0 Å². The minimum absolute atomic E-state index is 0.0210. The first-order chi connectivity index (χ1) is 11.9. The number of amides is 1. The van der Waals surface area contributed by atoms with E-state index in [1.165, 1.54) is 28.0 Å². The molecule has 1 aromatic carbocycles. The Kier molecular flexibility index (Phi) is 5.51. The molecule has 5 nitrogen and oxygen atoms in total. The van der Waals surface area contributed by atoms with Crippen LogP contribution in [-0.4, -0.2) is 48.1 Å². The average molecular weight is 359 g/mol. The Labute approximate surface area is 153 Å². The number of rotatable bonds is 4. The Morgan fingerprint density at radius 2 is 2.08 bits per heavy atom. The van der Waals surface area contributed by atoms with E-state index in [9.17, 15) is 4.79 Å². The van der Waals surface area contributed by atoms with Gasteiger partial charge in [-0.2, -0.15) is 0 Å². The van der Waals surface area contributed by atoms with Crippen molar-refractivity contribution < 1.29 is 9.53 Å². The quantitative estimate of drug-likeness (QED) is 0.909. The highest BCUT2D eigenvalue weighted by Gasteiger charge is 2.19. The molecule has 1 atom stereocenters. The second kappa shape index (κ2) is 7.64. The summed E-state index contributed by atoms with van der Waals surface area (Å²) in [5, 5.41) is 5.59. The number of nitrogens with zero attached hydrogens (tertiary/aromatic N) is 2. The van der Waals surface area contributed by atoms with Crippen molar-refractivity contribution >= 4 is 22.4 Å². The third kappa shape index (κ3) is 4.45. The second-order valence-corrected chi connectivity index (χ2v) is 7.63. The standard InChI is InChI=1S/C19H25N3O2S/c1-12-7-13(2)18(14(3)8-12)16-11-25-19(20-16)21-17(23)10-22-5-6-24-15(4)9-22/h7-8,11,15H,5-6,9-10H2,1-4H3,(H,20,21,23). The van der Waals surface area contributed by atoms with E-state index in [1.54, 1.807) is 0 Å². The Bertz CT molecular complexity index is 749. The molecule has 2 heterocycles. The van der Waals surface area contributed by atoms with Gasteiger partial charge in [0.1, 0.15) is 0 Å². The van der Waals surface area contributed by atoms with Gasteiger partial charge < -0.3 is 10.1 Å². The Hall–Kier alpha value is -1.76. The van der Waals surface area contributed by atoms with Crippen LogP contribution >= 0.6 is 11.3 Å². The zero-order chi connectivity index (χ0) is 18.0. The first-order valence-electron chi connectivity index (χ1n) is 8.60. The van der Waals surface area contributed by atoms with E-state index in [0.717, 1.165) is 24.3 Å². The number of ether oxygens (including phenoxy) is 1.